The number of nitrogens with zero attached hydrogens (tertiary/aromatic N) is 2. The molecule has 5 nitrogen and oxygen atoms in total. The van der Waals surface area contributed by atoms with Crippen LogP contribution in [0.4, 0.5) is 0 Å². The van der Waals surface area contributed by atoms with Crippen molar-refractivity contribution in [3.63, 3.8) is 0 Å². The summed E-state index contributed by atoms with van der Waals surface area (Å²) in [4.78, 5) is 13.2. The minimum atomic E-state index is -0.132. The molecular formula is C18H24Cl2N4OS. The zero-order valence-corrected chi connectivity index (χ0v) is 17.1. The second-order valence-corrected chi connectivity index (χ2v) is 8.97. The summed E-state index contributed by atoms with van der Waals surface area (Å²) in [6.45, 7) is 0.446. The molecule has 0 aliphatic heterocycles. The molecule has 3 N–H and O–H groups in total. The van der Waals surface area contributed by atoms with Gasteiger partial charge in [-0.3, -0.25) is 9.48 Å². The topological polar surface area (TPSA) is 72.9 Å². The number of aryl methyl sites for hydroxylation is 1. The highest BCUT2D eigenvalue weighted by Crippen LogP contribution is 2.38. The summed E-state index contributed by atoms with van der Waals surface area (Å²) in [6, 6.07) is 1.77. The third kappa shape index (κ3) is 4.42. The van der Waals surface area contributed by atoms with E-state index < -0.39 is 0 Å². The molecule has 1 saturated carbocycles. The van der Waals surface area contributed by atoms with Crippen molar-refractivity contribution in [3.8, 4) is 11.3 Å². The predicted octanol–water partition coefficient (Wildman–Crippen LogP) is 4.48. The van der Waals surface area contributed by atoms with Crippen LogP contribution in [0.2, 0.25) is 9.36 Å². The molecule has 1 unspecified atom stereocenters. The van der Waals surface area contributed by atoms with E-state index in [0.29, 0.717) is 32.4 Å². The van der Waals surface area contributed by atoms with Crippen LogP contribution >= 0.6 is 34.5 Å². The number of nitrogens with two attached hydrogens (primary N) is 1. The van der Waals surface area contributed by atoms with Gasteiger partial charge in [-0.1, -0.05) is 55.3 Å². The van der Waals surface area contributed by atoms with Gasteiger partial charge in [-0.2, -0.15) is 5.10 Å². The van der Waals surface area contributed by atoms with Gasteiger partial charge in [0.25, 0.3) is 5.91 Å². The number of carbonyl (C=O) groups is 1. The first kappa shape index (κ1) is 19.7. The summed E-state index contributed by atoms with van der Waals surface area (Å²) in [6.07, 6.45) is 8.88. The Kier molecular flexibility index (Phi) is 6.61. The minimum absolute atomic E-state index is 0.00443. The first-order valence-electron chi connectivity index (χ1n) is 8.97. The van der Waals surface area contributed by atoms with E-state index in [0.717, 1.165) is 12.0 Å². The SMILES string of the molecule is Cn1ncc(Cl)c1-c1cc(C(=O)NC(CN)CC2CCCCC2)sc1Cl. The van der Waals surface area contributed by atoms with Crippen LogP contribution < -0.4 is 11.1 Å². The standard InChI is InChI=1S/C18H24Cl2N4OS/c1-24-16(14(19)10-22-24)13-8-15(26-17(13)20)18(25)23-12(9-21)7-11-5-3-2-4-6-11/h8,10-12H,2-7,9,21H2,1H3,(H,23,25). The van der Waals surface area contributed by atoms with Crippen LogP contribution in [-0.2, 0) is 7.05 Å². The van der Waals surface area contributed by atoms with Gasteiger partial charge in [0.15, 0.2) is 0 Å². The first-order chi connectivity index (χ1) is 12.5. The number of carbonyl (C=O) groups excluding carboxylic acids is 1. The fraction of sp³-hybridized carbons (Fsp3) is 0.556. The summed E-state index contributed by atoms with van der Waals surface area (Å²) in [5.74, 6) is 0.529. The van der Waals surface area contributed by atoms with Crippen molar-refractivity contribution in [2.75, 3.05) is 6.54 Å². The Bertz CT molecular complexity index is 748. The molecule has 0 radical (unpaired) electrons. The minimum Gasteiger partial charge on any atom is -0.347 e. The predicted molar refractivity (Wildman–Crippen MR) is 108 cm³/mol. The second kappa shape index (κ2) is 8.74. The van der Waals surface area contributed by atoms with E-state index in [-0.39, 0.29) is 11.9 Å². The molecule has 1 aliphatic rings. The smallest absolute Gasteiger partial charge is 0.261 e. The van der Waals surface area contributed by atoms with Gasteiger partial charge in [0, 0.05) is 25.2 Å². The zero-order valence-electron chi connectivity index (χ0n) is 14.8. The number of rotatable bonds is 6. The molecule has 8 heteroatoms. The van der Waals surface area contributed by atoms with E-state index in [9.17, 15) is 4.79 Å². The van der Waals surface area contributed by atoms with E-state index in [1.54, 1.807) is 24.0 Å². The van der Waals surface area contributed by atoms with Gasteiger partial charge in [0.2, 0.25) is 0 Å². The lowest BCUT2D eigenvalue weighted by atomic mass is 9.85. The Morgan fingerprint density at radius 3 is 2.77 bits per heavy atom. The van der Waals surface area contributed by atoms with Gasteiger partial charge in [-0.25, -0.2) is 0 Å². The van der Waals surface area contributed by atoms with Crippen molar-refractivity contribution >= 4 is 40.4 Å². The van der Waals surface area contributed by atoms with Gasteiger partial charge < -0.3 is 11.1 Å². The van der Waals surface area contributed by atoms with E-state index in [1.165, 1.54) is 43.4 Å². The number of hydrogen-bond donors (Lipinski definition) is 2. The Labute approximate surface area is 167 Å². The molecule has 3 rings (SSSR count). The lowest BCUT2D eigenvalue weighted by molar-refractivity contribution is 0.0934. The lowest BCUT2D eigenvalue weighted by Gasteiger charge is -2.26. The molecule has 2 aromatic rings. The molecule has 2 heterocycles. The zero-order chi connectivity index (χ0) is 18.7. The van der Waals surface area contributed by atoms with Crippen molar-refractivity contribution in [2.24, 2.45) is 18.7 Å². The van der Waals surface area contributed by atoms with Crippen molar-refractivity contribution in [1.29, 1.82) is 0 Å². The van der Waals surface area contributed by atoms with E-state index in [4.69, 9.17) is 28.9 Å². The van der Waals surface area contributed by atoms with Crippen LogP contribution in [0.25, 0.3) is 11.3 Å². The van der Waals surface area contributed by atoms with Crippen LogP contribution in [-0.4, -0.2) is 28.3 Å². The average Bonchev–Trinajstić information content (AvgIpc) is 3.17. The number of hydrogen-bond acceptors (Lipinski definition) is 4. The Balaban J connectivity index is 1.70. The van der Waals surface area contributed by atoms with E-state index >= 15 is 0 Å². The molecule has 0 saturated heterocycles. The van der Waals surface area contributed by atoms with Gasteiger partial charge in [-0.05, 0) is 18.4 Å². The summed E-state index contributed by atoms with van der Waals surface area (Å²) >= 11 is 13.8. The average molecular weight is 415 g/mol. The summed E-state index contributed by atoms with van der Waals surface area (Å²) in [5.41, 5.74) is 7.34. The van der Waals surface area contributed by atoms with Crippen molar-refractivity contribution in [1.82, 2.24) is 15.1 Å². The Hall–Kier alpha value is -1.08. The van der Waals surface area contributed by atoms with Crippen molar-refractivity contribution < 1.29 is 4.79 Å². The Morgan fingerprint density at radius 2 is 2.15 bits per heavy atom. The molecule has 1 aliphatic carbocycles. The fourth-order valence-electron chi connectivity index (χ4n) is 3.65. The number of amides is 1. The molecule has 26 heavy (non-hydrogen) atoms. The molecule has 1 fully saturated rings. The molecule has 1 atom stereocenters. The highest BCUT2D eigenvalue weighted by molar-refractivity contribution is 7.18. The van der Waals surface area contributed by atoms with Crippen LogP contribution in [0.15, 0.2) is 12.3 Å². The van der Waals surface area contributed by atoms with E-state index in [2.05, 4.69) is 10.4 Å². The molecular weight excluding hydrogens is 391 g/mol. The van der Waals surface area contributed by atoms with Gasteiger partial charge in [0.05, 0.1) is 21.8 Å². The highest BCUT2D eigenvalue weighted by atomic mass is 35.5. The van der Waals surface area contributed by atoms with Gasteiger partial charge in [-0.15, -0.1) is 11.3 Å². The van der Waals surface area contributed by atoms with Crippen LogP contribution in [0, 0.1) is 5.92 Å². The molecule has 2 aromatic heterocycles. The summed E-state index contributed by atoms with van der Waals surface area (Å²) in [7, 11) is 1.80. The van der Waals surface area contributed by atoms with Crippen LogP contribution in [0.5, 0.6) is 0 Å². The van der Waals surface area contributed by atoms with Gasteiger partial charge in [0.1, 0.15) is 4.34 Å². The first-order valence-corrected chi connectivity index (χ1v) is 10.5. The van der Waals surface area contributed by atoms with Gasteiger partial charge >= 0.3 is 0 Å². The third-order valence-electron chi connectivity index (χ3n) is 5.02. The highest BCUT2D eigenvalue weighted by Gasteiger charge is 2.23. The Morgan fingerprint density at radius 1 is 1.42 bits per heavy atom. The van der Waals surface area contributed by atoms with Crippen molar-refractivity contribution in [2.45, 2.75) is 44.6 Å². The maximum atomic E-state index is 12.7. The van der Waals surface area contributed by atoms with Crippen LogP contribution in [0.3, 0.4) is 0 Å². The number of aromatic nitrogens is 2. The summed E-state index contributed by atoms with van der Waals surface area (Å²) in [5, 5.41) is 7.72. The molecule has 0 aromatic carbocycles. The number of nitrogens with one attached hydrogen (secondary N) is 1. The second-order valence-electron chi connectivity index (χ2n) is 6.91. The fourth-order valence-corrected chi connectivity index (χ4v) is 5.10. The summed E-state index contributed by atoms with van der Waals surface area (Å²) < 4.78 is 2.18. The molecule has 142 valence electrons. The monoisotopic (exact) mass is 414 g/mol. The normalized spacial score (nSPS) is 16.6. The molecule has 1 amide bonds. The lowest BCUT2D eigenvalue weighted by Crippen LogP contribution is -2.41. The maximum Gasteiger partial charge on any atom is 0.261 e. The number of halogens is 2. The molecule has 0 spiro atoms. The maximum absolute atomic E-state index is 12.7. The van der Waals surface area contributed by atoms with Crippen molar-refractivity contribution in [3.05, 3.63) is 26.5 Å². The molecule has 0 bridgehead atoms. The quantitative estimate of drug-likeness (QED) is 0.731. The third-order valence-corrected chi connectivity index (χ3v) is 6.66. The number of thiophene rings is 1. The largest absolute Gasteiger partial charge is 0.347 e. The van der Waals surface area contributed by atoms with Crippen LogP contribution in [0.1, 0.15) is 48.2 Å². The van der Waals surface area contributed by atoms with E-state index in [1.807, 2.05) is 0 Å².